The van der Waals surface area contributed by atoms with E-state index >= 15 is 0 Å². The zero-order chi connectivity index (χ0) is 26.4. The Kier molecular flexibility index (Phi) is 5.91. The number of amides is 1. The van der Waals surface area contributed by atoms with Gasteiger partial charge in [0.15, 0.2) is 6.23 Å². The van der Waals surface area contributed by atoms with Gasteiger partial charge in [-0.3, -0.25) is 10.1 Å². The highest BCUT2D eigenvalue weighted by Crippen LogP contribution is 2.40. The molecule has 2 aromatic heterocycles. The van der Waals surface area contributed by atoms with Gasteiger partial charge >= 0.3 is 6.09 Å². The van der Waals surface area contributed by atoms with E-state index in [2.05, 4.69) is 10.3 Å². The second kappa shape index (κ2) is 9.29. The minimum absolute atomic E-state index is 0.129. The molecule has 1 aliphatic rings. The molecule has 3 aromatic carbocycles. The molecule has 0 aliphatic carbocycles. The van der Waals surface area contributed by atoms with E-state index in [1.165, 1.54) is 0 Å². The summed E-state index contributed by atoms with van der Waals surface area (Å²) in [6.45, 7) is 6.06. The van der Waals surface area contributed by atoms with Gasteiger partial charge in [0.1, 0.15) is 11.3 Å². The minimum Gasteiger partial charge on any atom is -0.444 e. The fraction of sp³-hybridized carbons (Fsp3) is 0.300. The molecule has 0 radical (unpaired) electrons. The summed E-state index contributed by atoms with van der Waals surface area (Å²) < 4.78 is 13.4. The van der Waals surface area contributed by atoms with Gasteiger partial charge in [0, 0.05) is 28.3 Å². The average Bonchev–Trinajstić information content (AvgIpc) is 3.33. The van der Waals surface area contributed by atoms with Gasteiger partial charge in [-0.1, -0.05) is 48.5 Å². The molecule has 1 amide bonds. The van der Waals surface area contributed by atoms with Crippen molar-refractivity contribution in [2.24, 2.45) is 0 Å². The number of anilines is 1. The lowest BCUT2D eigenvalue weighted by atomic mass is 9.94. The summed E-state index contributed by atoms with van der Waals surface area (Å²) in [5.41, 5.74) is 2.04. The van der Waals surface area contributed by atoms with Crippen molar-refractivity contribution in [1.82, 2.24) is 14.8 Å². The van der Waals surface area contributed by atoms with Crippen LogP contribution in [0.5, 0.6) is 0 Å². The van der Waals surface area contributed by atoms with Crippen LogP contribution >= 0.6 is 0 Å². The quantitative estimate of drug-likeness (QED) is 0.262. The monoisotopic (exact) mass is 510 g/mol. The topological polar surface area (TPSA) is 98.2 Å². The van der Waals surface area contributed by atoms with Crippen molar-refractivity contribution in [2.75, 3.05) is 11.9 Å². The molecule has 0 spiro atoms. The Hall–Kier alpha value is -4.17. The van der Waals surface area contributed by atoms with Gasteiger partial charge < -0.3 is 14.5 Å². The van der Waals surface area contributed by atoms with Gasteiger partial charge in [0.05, 0.1) is 17.2 Å². The highest BCUT2D eigenvalue weighted by Gasteiger charge is 2.25. The Morgan fingerprint density at radius 3 is 2.68 bits per heavy atom. The lowest BCUT2D eigenvalue weighted by Crippen LogP contribution is -2.29. The molecule has 2 N–H and O–H groups in total. The molecule has 38 heavy (non-hydrogen) atoms. The molecule has 3 heterocycles. The van der Waals surface area contributed by atoms with E-state index in [0.29, 0.717) is 17.7 Å². The second-order valence-electron chi connectivity index (χ2n) is 10.7. The number of nitrogens with one attached hydrogen (secondary N) is 2. The number of benzene rings is 3. The van der Waals surface area contributed by atoms with Crippen LogP contribution in [0.1, 0.15) is 46.3 Å². The number of carbonyl (C=O) groups excluding carboxylic acids is 1. The number of hydrogen-bond acceptors (Lipinski definition) is 5. The van der Waals surface area contributed by atoms with E-state index in [1.54, 1.807) is 20.8 Å². The highest BCUT2D eigenvalue weighted by atomic mass is 16.6. The van der Waals surface area contributed by atoms with Crippen LogP contribution in [-0.2, 0) is 9.47 Å². The Bertz CT molecular complexity index is 1740. The van der Waals surface area contributed by atoms with Gasteiger partial charge in [-0.05, 0) is 57.0 Å². The molecular formula is C30H30N4O4. The lowest BCUT2D eigenvalue weighted by Gasteiger charge is -2.23. The summed E-state index contributed by atoms with van der Waals surface area (Å²) in [5, 5.41) is 11.1. The predicted octanol–water partition coefficient (Wildman–Crippen LogP) is 6.74. The van der Waals surface area contributed by atoms with Crippen LogP contribution in [0, 0.1) is 0 Å². The molecule has 1 atom stereocenters. The van der Waals surface area contributed by atoms with Crippen LogP contribution in [0.2, 0.25) is 0 Å². The highest BCUT2D eigenvalue weighted by molar-refractivity contribution is 6.16. The lowest BCUT2D eigenvalue weighted by molar-refractivity contribution is -0.0366. The third kappa shape index (κ3) is 4.31. The molecular weight excluding hydrogens is 480 g/mol. The van der Waals surface area contributed by atoms with E-state index < -0.39 is 17.3 Å². The van der Waals surface area contributed by atoms with E-state index in [-0.39, 0.29) is 11.9 Å². The van der Waals surface area contributed by atoms with Crippen molar-refractivity contribution >= 4 is 44.4 Å². The Labute approximate surface area is 219 Å². The zero-order valence-electron chi connectivity index (χ0n) is 21.7. The first-order chi connectivity index (χ1) is 18.3. The molecule has 5 aromatic rings. The predicted molar refractivity (Wildman–Crippen MR) is 149 cm³/mol. The number of H-pyrrole nitrogens is 1. The maximum absolute atomic E-state index is 13.6. The number of carbonyl (C=O) groups is 1. The fourth-order valence-corrected chi connectivity index (χ4v) is 5.28. The summed E-state index contributed by atoms with van der Waals surface area (Å²) >= 11 is 0. The fourth-order valence-electron chi connectivity index (χ4n) is 5.28. The molecule has 1 fully saturated rings. The number of rotatable bonds is 3. The van der Waals surface area contributed by atoms with Crippen LogP contribution in [0.25, 0.3) is 43.7 Å². The van der Waals surface area contributed by atoms with E-state index in [0.717, 1.165) is 51.9 Å². The van der Waals surface area contributed by atoms with Gasteiger partial charge in [-0.25, -0.2) is 9.48 Å². The Morgan fingerprint density at radius 2 is 1.89 bits per heavy atom. The summed E-state index contributed by atoms with van der Waals surface area (Å²) in [4.78, 5) is 29.5. The number of hydrogen-bond donors (Lipinski definition) is 2. The van der Waals surface area contributed by atoms with Crippen molar-refractivity contribution in [3.8, 4) is 11.1 Å². The third-order valence-corrected chi connectivity index (χ3v) is 6.88. The molecule has 0 bridgehead atoms. The average molecular weight is 511 g/mol. The van der Waals surface area contributed by atoms with Crippen molar-refractivity contribution < 1.29 is 14.3 Å². The van der Waals surface area contributed by atoms with Gasteiger partial charge in [-0.15, -0.1) is 0 Å². The summed E-state index contributed by atoms with van der Waals surface area (Å²) in [6.07, 6.45) is 4.02. The van der Waals surface area contributed by atoms with Crippen molar-refractivity contribution in [2.45, 2.75) is 51.9 Å². The number of aromatic amines is 1. The van der Waals surface area contributed by atoms with E-state index in [4.69, 9.17) is 14.6 Å². The number of fused-ring (bicyclic) bond motifs is 4. The summed E-state index contributed by atoms with van der Waals surface area (Å²) in [7, 11) is 0. The number of ether oxygens (including phenoxy) is 2. The maximum atomic E-state index is 13.6. The molecule has 1 aliphatic heterocycles. The number of pyridine rings is 1. The van der Waals surface area contributed by atoms with Crippen molar-refractivity contribution in [1.29, 1.82) is 0 Å². The molecule has 0 saturated carbocycles. The maximum Gasteiger partial charge on any atom is 0.412 e. The van der Waals surface area contributed by atoms with Gasteiger partial charge in [0.2, 0.25) is 0 Å². The van der Waals surface area contributed by atoms with Gasteiger partial charge in [-0.2, -0.15) is 5.10 Å². The van der Waals surface area contributed by atoms with Crippen LogP contribution in [0.4, 0.5) is 10.5 Å². The summed E-state index contributed by atoms with van der Waals surface area (Å²) in [6, 6.07) is 17.8. The van der Waals surface area contributed by atoms with Crippen molar-refractivity contribution in [3.05, 3.63) is 71.1 Å². The largest absolute Gasteiger partial charge is 0.444 e. The molecule has 8 heteroatoms. The number of aromatic nitrogens is 3. The SMILES string of the molecule is CC(C)(C)OC(=O)Nc1c(-c2cccc3c2cnn3C2CCCCO2)c2ccc3ccccc3c2[nH]c1=O. The molecule has 8 nitrogen and oxygen atoms in total. The van der Waals surface area contributed by atoms with E-state index in [9.17, 15) is 9.59 Å². The normalized spacial score (nSPS) is 16.2. The standard InChI is InChI=1S/C30H30N4O4/c1-30(2,3)38-29(36)33-27-25(21-15-14-18-9-4-5-10-19(18)26(21)32-28(27)35)20-11-8-12-23-22(20)17-31-34(23)24-13-6-7-16-37-24/h4-5,8-12,14-15,17,24H,6-7,13,16H2,1-3H3,(H,32,35)(H,33,36). The summed E-state index contributed by atoms with van der Waals surface area (Å²) in [5.74, 6) is 0. The second-order valence-corrected chi connectivity index (χ2v) is 10.7. The Balaban J connectivity index is 1.61. The van der Waals surface area contributed by atoms with Crippen LogP contribution in [0.15, 0.2) is 65.6 Å². The zero-order valence-corrected chi connectivity index (χ0v) is 21.7. The van der Waals surface area contributed by atoms with E-state index in [1.807, 2.05) is 65.5 Å². The molecule has 6 rings (SSSR count). The first kappa shape index (κ1) is 24.2. The molecule has 1 saturated heterocycles. The Morgan fingerprint density at radius 1 is 1.05 bits per heavy atom. The van der Waals surface area contributed by atoms with Crippen molar-refractivity contribution in [3.63, 3.8) is 0 Å². The molecule has 1 unspecified atom stereocenters. The van der Waals surface area contributed by atoms with Crippen LogP contribution in [0.3, 0.4) is 0 Å². The molecule has 194 valence electrons. The third-order valence-electron chi connectivity index (χ3n) is 6.88. The first-order valence-electron chi connectivity index (χ1n) is 13.0. The van der Waals surface area contributed by atoms with Gasteiger partial charge in [0.25, 0.3) is 5.56 Å². The minimum atomic E-state index is -0.717. The van der Waals surface area contributed by atoms with Crippen LogP contribution < -0.4 is 10.9 Å². The number of nitrogens with zero attached hydrogens (tertiary/aromatic N) is 2. The first-order valence-corrected chi connectivity index (χ1v) is 13.0. The van der Waals surface area contributed by atoms with Crippen LogP contribution in [-0.4, -0.2) is 33.1 Å². The smallest absolute Gasteiger partial charge is 0.412 e.